The number of para-hydroxylation sites is 1. The molecule has 0 atom stereocenters. The fourth-order valence-corrected chi connectivity index (χ4v) is 1.23. The molecule has 6 heteroatoms. The SMILES string of the molecule is CC(C)NC(=O)NCC(=O)Nc1ccccc1F. The summed E-state index contributed by atoms with van der Waals surface area (Å²) in [5.41, 5.74) is 0.0913. The molecule has 0 bridgehead atoms. The van der Waals surface area contributed by atoms with Gasteiger partial charge in [-0.1, -0.05) is 12.1 Å². The van der Waals surface area contributed by atoms with Crippen molar-refractivity contribution < 1.29 is 14.0 Å². The van der Waals surface area contributed by atoms with Crippen molar-refractivity contribution in [2.24, 2.45) is 0 Å². The number of carbonyl (C=O) groups excluding carboxylic acids is 2. The van der Waals surface area contributed by atoms with Gasteiger partial charge in [0, 0.05) is 6.04 Å². The molecule has 0 fully saturated rings. The first kappa shape index (κ1) is 14.0. The number of amides is 3. The third-order valence-electron chi connectivity index (χ3n) is 1.98. The van der Waals surface area contributed by atoms with E-state index in [1.54, 1.807) is 19.9 Å². The van der Waals surface area contributed by atoms with Crippen LogP contribution in [0.1, 0.15) is 13.8 Å². The molecule has 0 saturated heterocycles. The van der Waals surface area contributed by atoms with Gasteiger partial charge in [0.15, 0.2) is 0 Å². The predicted molar refractivity (Wildman–Crippen MR) is 66.7 cm³/mol. The predicted octanol–water partition coefficient (Wildman–Crippen LogP) is 1.47. The summed E-state index contributed by atoms with van der Waals surface area (Å²) in [5.74, 6) is -1.00. The van der Waals surface area contributed by atoms with Crippen LogP contribution in [0, 0.1) is 5.82 Å². The van der Waals surface area contributed by atoms with Gasteiger partial charge < -0.3 is 16.0 Å². The zero-order valence-corrected chi connectivity index (χ0v) is 10.3. The summed E-state index contributed by atoms with van der Waals surface area (Å²) in [7, 11) is 0. The first-order valence-electron chi connectivity index (χ1n) is 5.58. The van der Waals surface area contributed by atoms with Crippen molar-refractivity contribution in [3.8, 4) is 0 Å². The molecule has 0 heterocycles. The fraction of sp³-hybridized carbons (Fsp3) is 0.333. The highest BCUT2D eigenvalue weighted by Gasteiger charge is 2.08. The second-order valence-corrected chi connectivity index (χ2v) is 4.01. The van der Waals surface area contributed by atoms with Gasteiger partial charge in [-0.05, 0) is 26.0 Å². The number of rotatable bonds is 4. The molecule has 3 N–H and O–H groups in total. The van der Waals surface area contributed by atoms with Crippen molar-refractivity contribution in [3.05, 3.63) is 30.1 Å². The highest BCUT2D eigenvalue weighted by molar-refractivity contribution is 5.94. The molecule has 98 valence electrons. The lowest BCUT2D eigenvalue weighted by atomic mass is 10.3. The van der Waals surface area contributed by atoms with E-state index >= 15 is 0 Å². The molecular weight excluding hydrogens is 237 g/mol. The van der Waals surface area contributed by atoms with E-state index in [0.29, 0.717) is 0 Å². The molecule has 5 nitrogen and oxygen atoms in total. The standard InChI is InChI=1S/C12H16FN3O2/c1-8(2)15-12(18)14-7-11(17)16-10-6-4-3-5-9(10)13/h3-6,8H,7H2,1-2H3,(H,16,17)(H2,14,15,18). The average molecular weight is 253 g/mol. The molecule has 18 heavy (non-hydrogen) atoms. The van der Waals surface area contributed by atoms with Gasteiger partial charge in [0.05, 0.1) is 12.2 Å². The van der Waals surface area contributed by atoms with Gasteiger partial charge >= 0.3 is 6.03 Å². The molecule has 0 radical (unpaired) electrons. The minimum Gasteiger partial charge on any atom is -0.336 e. The second-order valence-electron chi connectivity index (χ2n) is 4.01. The molecule has 1 aromatic carbocycles. The molecule has 0 aliphatic heterocycles. The highest BCUT2D eigenvalue weighted by Crippen LogP contribution is 2.11. The van der Waals surface area contributed by atoms with Gasteiger partial charge in [-0.2, -0.15) is 0 Å². The van der Waals surface area contributed by atoms with Crippen molar-refractivity contribution >= 4 is 17.6 Å². The van der Waals surface area contributed by atoms with Crippen molar-refractivity contribution in [1.29, 1.82) is 0 Å². The largest absolute Gasteiger partial charge is 0.336 e. The molecule has 1 rings (SSSR count). The number of hydrogen-bond acceptors (Lipinski definition) is 2. The van der Waals surface area contributed by atoms with Crippen LogP contribution in [0.4, 0.5) is 14.9 Å². The Kier molecular flexibility index (Phi) is 5.10. The summed E-state index contributed by atoms with van der Waals surface area (Å²) in [4.78, 5) is 22.6. The smallest absolute Gasteiger partial charge is 0.315 e. The van der Waals surface area contributed by atoms with Crippen LogP contribution in [-0.4, -0.2) is 24.5 Å². The summed E-state index contributed by atoms with van der Waals surface area (Å²) in [5, 5.41) is 7.30. The third kappa shape index (κ3) is 4.82. The topological polar surface area (TPSA) is 70.2 Å². The van der Waals surface area contributed by atoms with Crippen LogP contribution in [0.3, 0.4) is 0 Å². The fourth-order valence-electron chi connectivity index (χ4n) is 1.23. The molecule has 0 aliphatic carbocycles. The van der Waals surface area contributed by atoms with Crippen molar-refractivity contribution in [1.82, 2.24) is 10.6 Å². The maximum Gasteiger partial charge on any atom is 0.315 e. The number of hydrogen-bond donors (Lipinski definition) is 3. The Balaban J connectivity index is 2.39. The first-order chi connectivity index (χ1) is 8.49. The van der Waals surface area contributed by atoms with Crippen molar-refractivity contribution in [3.63, 3.8) is 0 Å². The Bertz CT molecular complexity index is 435. The van der Waals surface area contributed by atoms with Gasteiger partial charge in [0.2, 0.25) is 5.91 Å². The molecular formula is C12H16FN3O2. The molecule has 3 amide bonds. The number of carbonyl (C=O) groups is 2. The zero-order valence-electron chi connectivity index (χ0n) is 10.3. The summed E-state index contributed by atoms with van der Waals surface area (Å²) in [6.45, 7) is 3.39. The van der Waals surface area contributed by atoms with Crippen molar-refractivity contribution in [2.75, 3.05) is 11.9 Å². The maximum atomic E-state index is 13.2. The van der Waals surface area contributed by atoms with Crippen LogP contribution < -0.4 is 16.0 Å². The van der Waals surface area contributed by atoms with E-state index in [1.165, 1.54) is 18.2 Å². The molecule has 0 spiro atoms. The molecule has 0 aromatic heterocycles. The number of urea groups is 1. The second kappa shape index (κ2) is 6.58. The number of anilines is 1. The van der Waals surface area contributed by atoms with E-state index in [0.717, 1.165) is 0 Å². The molecule has 0 saturated carbocycles. The Hall–Kier alpha value is -2.11. The van der Waals surface area contributed by atoms with E-state index in [2.05, 4.69) is 16.0 Å². The monoisotopic (exact) mass is 253 g/mol. The van der Waals surface area contributed by atoms with Gasteiger partial charge in [-0.15, -0.1) is 0 Å². The Morgan fingerprint density at radius 3 is 2.56 bits per heavy atom. The normalized spacial score (nSPS) is 10.0. The van der Waals surface area contributed by atoms with E-state index in [-0.39, 0.29) is 18.3 Å². The molecule has 0 aliphatic rings. The Labute approximate surface area is 105 Å². The Morgan fingerprint density at radius 2 is 1.94 bits per heavy atom. The van der Waals surface area contributed by atoms with E-state index in [4.69, 9.17) is 0 Å². The minimum absolute atomic E-state index is 0.0142. The van der Waals surface area contributed by atoms with Gasteiger partial charge in [-0.25, -0.2) is 9.18 Å². The van der Waals surface area contributed by atoms with Crippen LogP contribution in [0.5, 0.6) is 0 Å². The maximum absolute atomic E-state index is 13.2. The highest BCUT2D eigenvalue weighted by atomic mass is 19.1. The van der Waals surface area contributed by atoms with Crippen LogP contribution in [0.2, 0.25) is 0 Å². The first-order valence-corrected chi connectivity index (χ1v) is 5.58. The molecule has 0 unspecified atom stereocenters. The van der Waals surface area contributed by atoms with E-state index < -0.39 is 17.8 Å². The summed E-state index contributed by atoms with van der Waals surface area (Å²) in [6, 6.07) is 5.38. The minimum atomic E-state index is -0.516. The number of benzene rings is 1. The number of nitrogens with one attached hydrogen (secondary N) is 3. The van der Waals surface area contributed by atoms with Crippen molar-refractivity contribution in [2.45, 2.75) is 19.9 Å². The van der Waals surface area contributed by atoms with Crippen LogP contribution in [0.25, 0.3) is 0 Å². The molecule has 1 aromatic rings. The summed E-state index contributed by atoms with van der Waals surface area (Å²) >= 11 is 0. The van der Waals surface area contributed by atoms with E-state index in [9.17, 15) is 14.0 Å². The van der Waals surface area contributed by atoms with Crippen LogP contribution in [0.15, 0.2) is 24.3 Å². The van der Waals surface area contributed by atoms with Crippen LogP contribution in [-0.2, 0) is 4.79 Å². The van der Waals surface area contributed by atoms with E-state index in [1.807, 2.05) is 0 Å². The van der Waals surface area contributed by atoms with Crippen LogP contribution >= 0.6 is 0 Å². The Morgan fingerprint density at radius 1 is 1.28 bits per heavy atom. The van der Waals surface area contributed by atoms with Gasteiger partial charge in [-0.3, -0.25) is 4.79 Å². The zero-order chi connectivity index (χ0) is 13.5. The average Bonchev–Trinajstić information content (AvgIpc) is 2.29. The quantitative estimate of drug-likeness (QED) is 0.760. The van der Waals surface area contributed by atoms with Gasteiger partial charge in [0.25, 0.3) is 0 Å². The summed E-state index contributed by atoms with van der Waals surface area (Å²) < 4.78 is 13.2. The lowest BCUT2D eigenvalue weighted by molar-refractivity contribution is -0.115. The lowest BCUT2D eigenvalue weighted by Crippen LogP contribution is -2.42. The summed E-state index contributed by atoms with van der Waals surface area (Å²) in [6.07, 6.45) is 0. The number of halogens is 1. The van der Waals surface area contributed by atoms with Gasteiger partial charge in [0.1, 0.15) is 5.82 Å². The third-order valence-corrected chi connectivity index (χ3v) is 1.98. The lowest BCUT2D eigenvalue weighted by Gasteiger charge is -2.10.